The van der Waals surface area contributed by atoms with Gasteiger partial charge in [-0.2, -0.15) is 8.42 Å². The Morgan fingerprint density at radius 2 is 2.14 bits per heavy atom. The molecule has 0 fully saturated rings. The van der Waals surface area contributed by atoms with Crippen molar-refractivity contribution in [3.63, 3.8) is 0 Å². The molecule has 9 heteroatoms. The molecule has 1 aliphatic rings. The van der Waals surface area contributed by atoms with Crippen LogP contribution in [0.2, 0.25) is 0 Å². The van der Waals surface area contributed by atoms with Gasteiger partial charge in [0.25, 0.3) is 15.8 Å². The molecule has 0 unspecified atom stereocenters. The molecule has 0 saturated heterocycles. The summed E-state index contributed by atoms with van der Waals surface area (Å²) in [5, 5.41) is 10.6. The second-order valence-electron chi connectivity index (χ2n) is 3.78. The summed E-state index contributed by atoms with van der Waals surface area (Å²) in [5.74, 6) is 0.0500. The lowest BCUT2D eigenvalue weighted by Crippen LogP contribution is -2.15. The summed E-state index contributed by atoms with van der Waals surface area (Å²) < 4.78 is 33.7. The summed E-state index contributed by atoms with van der Waals surface area (Å²) in [6.45, 7) is -0.417. The minimum absolute atomic E-state index is 0.0500. The van der Waals surface area contributed by atoms with Crippen LogP contribution in [0.25, 0.3) is 0 Å². The van der Waals surface area contributed by atoms with Crippen LogP contribution in [0.5, 0.6) is 0 Å². The van der Waals surface area contributed by atoms with Crippen molar-refractivity contribution in [3.05, 3.63) is 59.0 Å². The zero-order chi connectivity index (χ0) is 15.3. The number of nitro groups is 1. The Kier molecular flexibility index (Phi) is 4.45. The molecular formula is C12H10N2O6S. The molecule has 1 heterocycles. The Hall–Kier alpha value is -2.52. The van der Waals surface area contributed by atoms with Crippen molar-refractivity contribution in [3.8, 4) is 0 Å². The van der Waals surface area contributed by atoms with E-state index in [1.165, 1.54) is 30.7 Å². The van der Waals surface area contributed by atoms with Crippen LogP contribution in [0, 0.1) is 10.1 Å². The molecule has 0 N–H and O–H groups in total. The number of benzene rings is 1. The number of allylic oxidation sites excluding steroid dienone is 2. The Bertz CT molecular complexity index is 736. The molecule has 110 valence electrons. The zero-order valence-corrected chi connectivity index (χ0v) is 11.4. The predicted molar refractivity (Wildman–Crippen MR) is 73.0 cm³/mol. The molecule has 0 saturated carbocycles. The molecule has 0 atom stereocenters. The van der Waals surface area contributed by atoms with Gasteiger partial charge in [-0.3, -0.25) is 14.3 Å². The molecule has 0 amide bonds. The highest BCUT2D eigenvalue weighted by Gasteiger charge is 2.19. The predicted octanol–water partition coefficient (Wildman–Crippen LogP) is 1.76. The Labute approximate surface area is 120 Å². The van der Waals surface area contributed by atoms with Crippen LogP contribution in [0.1, 0.15) is 0 Å². The third-order valence-electron chi connectivity index (χ3n) is 2.35. The number of ether oxygens (including phenoxy) is 1. The van der Waals surface area contributed by atoms with Crippen molar-refractivity contribution in [1.82, 2.24) is 0 Å². The normalized spacial score (nSPS) is 14.2. The van der Waals surface area contributed by atoms with Crippen molar-refractivity contribution in [2.75, 3.05) is 6.61 Å². The molecule has 21 heavy (non-hydrogen) atoms. The topological polar surface area (TPSA) is 108 Å². The lowest BCUT2D eigenvalue weighted by molar-refractivity contribution is -0.385. The van der Waals surface area contributed by atoms with Gasteiger partial charge in [-0.1, -0.05) is 6.07 Å². The lowest BCUT2D eigenvalue weighted by Gasteiger charge is -2.06. The maximum absolute atomic E-state index is 11.9. The van der Waals surface area contributed by atoms with Crippen LogP contribution in [-0.2, 0) is 19.0 Å². The van der Waals surface area contributed by atoms with Crippen LogP contribution in [-0.4, -0.2) is 25.8 Å². The first-order chi connectivity index (χ1) is 9.99. The molecule has 0 spiro atoms. The standard InChI is InChI=1S/C12H10N2O6S/c15-14(16)10-4-3-5-11(8-10)21(17,18)20-9-12-13-6-1-2-7-19-12/h1-8H,9H2. The molecular weight excluding hydrogens is 300 g/mol. The van der Waals surface area contributed by atoms with Crippen molar-refractivity contribution in [1.29, 1.82) is 0 Å². The largest absolute Gasteiger partial charge is 0.448 e. The second kappa shape index (κ2) is 6.29. The minimum atomic E-state index is -4.14. The molecule has 1 aromatic carbocycles. The van der Waals surface area contributed by atoms with Crippen LogP contribution in [0.3, 0.4) is 0 Å². The lowest BCUT2D eigenvalue weighted by atomic mass is 10.3. The number of aliphatic imine (C=N–C) groups is 1. The summed E-state index contributed by atoms with van der Waals surface area (Å²) in [4.78, 5) is 13.5. The Morgan fingerprint density at radius 3 is 2.90 bits per heavy atom. The van der Waals surface area contributed by atoms with Gasteiger partial charge in [0.15, 0.2) is 0 Å². The SMILES string of the molecule is O=[N+]([O-])c1cccc(S(=O)(=O)OCC2=NC=CC=CO2)c1. The molecule has 1 aromatic rings. The van der Waals surface area contributed by atoms with Crippen molar-refractivity contribution < 1.29 is 22.3 Å². The molecule has 1 aliphatic heterocycles. The molecule has 0 aromatic heterocycles. The van der Waals surface area contributed by atoms with Crippen molar-refractivity contribution in [2.24, 2.45) is 4.99 Å². The molecule has 0 bridgehead atoms. The first-order valence-electron chi connectivity index (χ1n) is 5.68. The van der Waals surface area contributed by atoms with Crippen LogP contribution in [0.4, 0.5) is 5.69 Å². The fourth-order valence-electron chi connectivity index (χ4n) is 1.39. The van der Waals surface area contributed by atoms with E-state index < -0.39 is 21.6 Å². The summed E-state index contributed by atoms with van der Waals surface area (Å²) in [5.41, 5.74) is -0.339. The van der Waals surface area contributed by atoms with E-state index in [0.29, 0.717) is 0 Å². The van der Waals surface area contributed by atoms with Crippen molar-refractivity contribution in [2.45, 2.75) is 4.90 Å². The number of non-ortho nitro benzene ring substituents is 1. The van der Waals surface area contributed by atoms with Gasteiger partial charge in [-0.05, 0) is 18.2 Å². The quantitative estimate of drug-likeness (QED) is 0.466. The number of rotatable bonds is 5. The Morgan fingerprint density at radius 1 is 1.33 bits per heavy atom. The Balaban J connectivity index is 2.13. The van der Waals surface area contributed by atoms with Gasteiger partial charge in [0.05, 0.1) is 11.2 Å². The van der Waals surface area contributed by atoms with Gasteiger partial charge in [0.1, 0.15) is 11.5 Å². The number of nitro benzene ring substituents is 1. The first kappa shape index (κ1) is 14.9. The number of hydrogen-bond donors (Lipinski definition) is 0. The smallest absolute Gasteiger partial charge is 0.297 e. The number of hydrogen-bond acceptors (Lipinski definition) is 7. The van der Waals surface area contributed by atoms with Crippen LogP contribution in [0.15, 0.2) is 58.8 Å². The third-order valence-corrected chi connectivity index (χ3v) is 3.61. The molecule has 0 aliphatic carbocycles. The summed E-state index contributed by atoms with van der Waals surface area (Å²) in [6, 6.07) is 4.58. The van der Waals surface area contributed by atoms with E-state index in [2.05, 4.69) is 4.99 Å². The van der Waals surface area contributed by atoms with Gasteiger partial charge in [0.2, 0.25) is 5.90 Å². The maximum atomic E-state index is 11.9. The van der Waals surface area contributed by atoms with Gasteiger partial charge in [-0.25, -0.2) is 4.99 Å². The average molecular weight is 310 g/mol. The second-order valence-corrected chi connectivity index (χ2v) is 5.40. The molecule has 8 nitrogen and oxygen atoms in total. The van der Waals surface area contributed by atoms with Crippen molar-refractivity contribution >= 4 is 21.7 Å². The summed E-state index contributed by atoms with van der Waals surface area (Å²) in [7, 11) is -4.14. The minimum Gasteiger partial charge on any atom is -0.448 e. The monoisotopic (exact) mass is 310 g/mol. The molecule has 0 radical (unpaired) electrons. The van der Waals surface area contributed by atoms with E-state index in [1.807, 2.05) is 0 Å². The highest BCUT2D eigenvalue weighted by Crippen LogP contribution is 2.19. The third kappa shape index (κ3) is 3.97. The highest BCUT2D eigenvalue weighted by molar-refractivity contribution is 7.86. The molecule has 2 rings (SSSR count). The van der Waals surface area contributed by atoms with E-state index in [1.54, 1.807) is 12.2 Å². The summed E-state index contributed by atoms with van der Waals surface area (Å²) in [6.07, 6.45) is 5.92. The average Bonchev–Trinajstić information content (AvgIpc) is 2.74. The zero-order valence-electron chi connectivity index (χ0n) is 10.6. The van der Waals surface area contributed by atoms with Crippen LogP contribution >= 0.6 is 0 Å². The maximum Gasteiger partial charge on any atom is 0.297 e. The summed E-state index contributed by atoms with van der Waals surface area (Å²) >= 11 is 0. The van der Waals surface area contributed by atoms with Gasteiger partial charge in [0, 0.05) is 18.3 Å². The van der Waals surface area contributed by atoms with Gasteiger partial charge >= 0.3 is 0 Å². The van der Waals surface area contributed by atoms with E-state index in [-0.39, 0.29) is 16.5 Å². The van der Waals surface area contributed by atoms with E-state index in [4.69, 9.17) is 8.92 Å². The van der Waals surface area contributed by atoms with E-state index in [0.717, 1.165) is 6.07 Å². The fraction of sp³-hybridized carbons (Fsp3) is 0.0833. The highest BCUT2D eigenvalue weighted by atomic mass is 32.2. The van der Waals surface area contributed by atoms with Gasteiger partial charge < -0.3 is 4.74 Å². The van der Waals surface area contributed by atoms with Gasteiger partial charge in [-0.15, -0.1) is 0 Å². The van der Waals surface area contributed by atoms with Crippen LogP contribution < -0.4 is 0 Å². The number of nitrogens with zero attached hydrogens (tertiary/aromatic N) is 2. The van der Waals surface area contributed by atoms with E-state index in [9.17, 15) is 18.5 Å². The fourth-order valence-corrected chi connectivity index (χ4v) is 2.29. The first-order valence-corrected chi connectivity index (χ1v) is 7.09. The van der Waals surface area contributed by atoms with E-state index >= 15 is 0 Å².